The maximum atomic E-state index is 13.2. The van der Waals surface area contributed by atoms with E-state index in [-0.39, 0.29) is 5.91 Å². The Bertz CT molecular complexity index is 987. The molecule has 0 saturated carbocycles. The van der Waals surface area contributed by atoms with Gasteiger partial charge in [-0.15, -0.1) is 0 Å². The second-order valence-electron chi connectivity index (χ2n) is 6.93. The first-order valence-electron chi connectivity index (χ1n) is 9.21. The summed E-state index contributed by atoms with van der Waals surface area (Å²) >= 11 is 0. The highest BCUT2D eigenvalue weighted by molar-refractivity contribution is 5.95. The monoisotopic (exact) mass is 364 g/mol. The number of aryl methyl sites for hydroxylation is 2. The van der Waals surface area contributed by atoms with Crippen LogP contribution in [0, 0.1) is 13.8 Å². The SMILES string of the molecule is COc1ccccc1N1CCN(C(=O)c2c(C)nc3cc(C)ccn23)CC1. The standard InChI is InChI=1S/C21H24N4O2/c1-15-8-9-25-19(14-15)22-16(2)20(25)21(26)24-12-10-23(11-13-24)17-6-4-5-7-18(17)27-3/h4-9,14H,10-13H2,1-3H3. The van der Waals surface area contributed by atoms with Crippen molar-refractivity contribution in [2.45, 2.75) is 13.8 Å². The van der Waals surface area contributed by atoms with Crippen LogP contribution in [0.2, 0.25) is 0 Å². The molecule has 0 bridgehead atoms. The van der Waals surface area contributed by atoms with Gasteiger partial charge in [0.25, 0.3) is 5.91 Å². The van der Waals surface area contributed by atoms with Gasteiger partial charge in [0.05, 0.1) is 18.5 Å². The first kappa shape index (κ1) is 17.4. The molecule has 0 spiro atoms. The minimum Gasteiger partial charge on any atom is -0.495 e. The van der Waals surface area contributed by atoms with Gasteiger partial charge < -0.3 is 14.5 Å². The van der Waals surface area contributed by atoms with E-state index in [2.05, 4.69) is 16.0 Å². The summed E-state index contributed by atoms with van der Waals surface area (Å²) in [5.74, 6) is 0.911. The van der Waals surface area contributed by atoms with Gasteiger partial charge in [0.2, 0.25) is 0 Å². The van der Waals surface area contributed by atoms with E-state index in [1.54, 1.807) is 7.11 Å². The van der Waals surface area contributed by atoms with Crippen molar-refractivity contribution in [1.82, 2.24) is 14.3 Å². The van der Waals surface area contributed by atoms with Gasteiger partial charge in [-0.1, -0.05) is 12.1 Å². The predicted molar refractivity (Wildman–Crippen MR) is 106 cm³/mol. The molecule has 2 aromatic heterocycles. The van der Waals surface area contributed by atoms with Crippen molar-refractivity contribution in [3.8, 4) is 5.75 Å². The Labute approximate surface area is 159 Å². The first-order valence-corrected chi connectivity index (χ1v) is 9.21. The molecule has 1 fully saturated rings. The Hall–Kier alpha value is -3.02. The number of fused-ring (bicyclic) bond motifs is 1. The Morgan fingerprint density at radius 2 is 1.81 bits per heavy atom. The largest absolute Gasteiger partial charge is 0.495 e. The molecule has 1 aliphatic rings. The van der Waals surface area contributed by atoms with Crippen molar-refractivity contribution in [2.24, 2.45) is 0 Å². The van der Waals surface area contributed by atoms with Gasteiger partial charge in [-0.05, 0) is 43.7 Å². The van der Waals surface area contributed by atoms with Gasteiger partial charge in [-0.2, -0.15) is 0 Å². The quantitative estimate of drug-likeness (QED) is 0.717. The number of aromatic nitrogens is 2. The molecule has 1 amide bonds. The molecule has 4 rings (SSSR count). The Morgan fingerprint density at radius 3 is 2.56 bits per heavy atom. The summed E-state index contributed by atoms with van der Waals surface area (Å²) in [6.07, 6.45) is 1.93. The number of methoxy groups -OCH3 is 1. The molecular weight excluding hydrogens is 340 g/mol. The number of rotatable bonds is 3. The third-order valence-corrected chi connectivity index (χ3v) is 5.15. The van der Waals surface area contributed by atoms with E-state index in [0.29, 0.717) is 18.8 Å². The van der Waals surface area contributed by atoms with Crippen LogP contribution in [0.4, 0.5) is 5.69 Å². The van der Waals surface area contributed by atoms with Crippen LogP contribution in [0.25, 0.3) is 5.65 Å². The van der Waals surface area contributed by atoms with Gasteiger partial charge in [0.15, 0.2) is 0 Å². The van der Waals surface area contributed by atoms with E-state index in [1.807, 2.05) is 59.7 Å². The molecule has 140 valence electrons. The molecule has 0 unspecified atom stereocenters. The van der Waals surface area contributed by atoms with Crippen LogP contribution in [0.1, 0.15) is 21.7 Å². The van der Waals surface area contributed by atoms with E-state index in [0.717, 1.165) is 41.4 Å². The van der Waals surface area contributed by atoms with Crippen molar-refractivity contribution < 1.29 is 9.53 Å². The fourth-order valence-electron chi connectivity index (χ4n) is 3.71. The minimum absolute atomic E-state index is 0.0449. The number of anilines is 1. The number of para-hydroxylation sites is 2. The van der Waals surface area contributed by atoms with E-state index in [9.17, 15) is 4.79 Å². The zero-order valence-corrected chi connectivity index (χ0v) is 16.0. The lowest BCUT2D eigenvalue weighted by Crippen LogP contribution is -2.49. The Kier molecular flexibility index (Phi) is 4.48. The summed E-state index contributed by atoms with van der Waals surface area (Å²) in [7, 11) is 1.69. The molecule has 27 heavy (non-hydrogen) atoms. The summed E-state index contributed by atoms with van der Waals surface area (Å²) in [4.78, 5) is 21.9. The average molecular weight is 364 g/mol. The summed E-state index contributed by atoms with van der Waals surface area (Å²) in [6, 6.07) is 12.0. The van der Waals surface area contributed by atoms with Crippen LogP contribution in [0.15, 0.2) is 42.6 Å². The molecule has 0 N–H and O–H groups in total. The number of ether oxygens (including phenoxy) is 1. The number of carbonyl (C=O) groups is 1. The molecule has 6 heteroatoms. The molecule has 1 aliphatic heterocycles. The second-order valence-corrected chi connectivity index (χ2v) is 6.93. The van der Waals surface area contributed by atoms with Crippen LogP contribution < -0.4 is 9.64 Å². The maximum absolute atomic E-state index is 13.2. The number of pyridine rings is 1. The lowest BCUT2D eigenvalue weighted by atomic mass is 10.2. The minimum atomic E-state index is 0.0449. The normalized spacial score (nSPS) is 14.6. The molecule has 6 nitrogen and oxygen atoms in total. The fraction of sp³-hybridized carbons (Fsp3) is 0.333. The summed E-state index contributed by atoms with van der Waals surface area (Å²) in [5, 5.41) is 0. The Balaban J connectivity index is 1.53. The van der Waals surface area contributed by atoms with Crippen molar-refractivity contribution in [2.75, 3.05) is 38.2 Å². The number of piperazine rings is 1. The molecule has 0 aliphatic carbocycles. The number of imidazole rings is 1. The van der Waals surface area contributed by atoms with Crippen LogP contribution >= 0.6 is 0 Å². The van der Waals surface area contributed by atoms with E-state index >= 15 is 0 Å². The lowest BCUT2D eigenvalue weighted by Gasteiger charge is -2.36. The van der Waals surface area contributed by atoms with Gasteiger partial charge >= 0.3 is 0 Å². The zero-order valence-electron chi connectivity index (χ0n) is 16.0. The third kappa shape index (κ3) is 3.12. The first-order chi connectivity index (χ1) is 13.1. The number of nitrogens with zero attached hydrogens (tertiary/aromatic N) is 4. The zero-order chi connectivity index (χ0) is 19.0. The highest BCUT2D eigenvalue weighted by atomic mass is 16.5. The fourth-order valence-corrected chi connectivity index (χ4v) is 3.71. The summed E-state index contributed by atoms with van der Waals surface area (Å²) in [6.45, 7) is 6.84. The van der Waals surface area contributed by atoms with Crippen LogP contribution in [0.5, 0.6) is 5.75 Å². The lowest BCUT2D eigenvalue weighted by molar-refractivity contribution is 0.0739. The van der Waals surface area contributed by atoms with E-state index in [1.165, 1.54) is 0 Å². The van der Waals surface area contributed by atoms with Crippen molar-refractivity contribution in [3.05, 3.63) is 59.5 Å². The number of amides is 1. The molecule has 1 aromatic carbocycles. The molecular formula is C21H24N4O2. The highest BCUT2D eigenvalue weighted by Gasteiger charge is 2.27. The van der Waals surface area contributed by atoms with Gasteiger partial charge in [-0.25, -0.2) is 4.98 Å². The Morgan fingerprint density at radius 1 is 1.07 bits per heavy atom. The van der Waals surface area contributed by atoms with Crippen molar-refractivity contribution in [3.63, 3.8) is 0 Å². The van der Waals surface area contributed by atoms with Gasteiger partial charge in [0.1, 0.15) is 17.1 Å². The topological polar surface area (TPSA) is 50.1 Å². The van der Waals surface area contributed by atoms with Crippen LogP contribution in [-0.2, 0) is 0 Å². The number of hydrogen-bond donors (Lipinski definition) is 0. The van der Waals surface area contributed by atoms with Crippen LogP contribution in [0.3, 0.4) is 0 Å². The van der Waals surface area contributed by atoms with Gasteiger partial charge in [0, 0.05) is 32.4 Å². The van der Waals surface area contributed by atoms with E-state index in [4.69, 9.17) is 4.74 Å². The molecule has 0 atom stereocenters. The molecule has 1 saturated heterocycles. The summed E-state index contributed by atoms with van der Waals surface area (Å²) in [5.41, 5.74) is 4.47. The maximum Gasteiger partial charge on any atom is 0.272 e. The van der Waals surface area contributed by atoms with Crippen LogP contribution in [-0.4, -0.2) is 53.5 Å². The third-order valence-electron chi connectivity index (χ3n) is 5.15. The van der Waals surface area contributed by atoms with E-state index < -0.39 is 0 Å². The number of benzene rings is 1. The van der Waals surface area contributed by atoms with Gasteiger partial charge in [-0.3, -0.25) is 9.20 Å². The highest BCUT2D eigenvalue weighted by Crippen LogP contribution is 2.28. The number of carbonyl (C=O) groups excluding carboxylic acids is 1. The van der Waals surface area contributed by atoms with Crippen molar-refractivity contribution >= 4 is 17.2 Å². The summed E-state index contributed by atoms with van der Waals surface area (Å²) < 4.78 is 7.37. The molecule has 3 aromatic rings. The molecule has 3 heterocycles. The predicted octanol–water partition coefficient (Wildman–Crippen LogP) is 2.92. The average Bonchev–Trinajstić information content (AvgIpc) is 3.02. The smallest absolute Gasteiger partial charge is 0.272 e. The second kappa shape index (κ2) is 6.95. The van der Waals surface area contributed by atoms with Crippen molar-refractivity contribution in [1.29, 1.82) is 0 Å². The molecule has 0 radical (unpaired) electrons. The number of hydrogen-bond acceptors (Lipinski definition) is 4.